The summed E-state index contributed by atoms with van der Waals surface area (Å²) in [6.45, 7) is 1.52. The molecule has 0 fully saturated rings. The molecule has 0 saturated heterocycles. The van der Waals surface area contributed by atoms with Crippen LogP contribution in [0.1, 0.15) is 25.0 Å². The predicted octanol–water partition coefficient (Wildman–Crippen LogP) is 0.885. The van der Waals surface area contributed by atoms with Gasteiger partial charge in [0.1, 0.15) is 6.10 Å². The Bertz CT molecular complexity index is 426. The fraction of sp³-hybridized carbons (Fsp3) is 0.417. The normalized spacial score (nSPS) is 14.1. The molecule has 100 valence electrons. The monoisotopic (exact) mass is 259 g/mol. The van der Waals surface area contributed by atoms with Crippen LogP contribution in [0.3, 0.4) is 0 Å². The van der Waals surface area contributed by atoms with Crippen molar-refractivity contribution in [3.8, 4) is 0 Å². The molecule has 4 nitrogen and oxygen atoms in total. The lowest BCUT2D eigenvalue weighted by Crippen LogP contribution is -2.27. The second-order valence-electron chi connectivity index (χ2n) is 3.96. The van der Waals surface area contributed by atoms with Crippen LogP contribution in [0.2, 0.25) is 0 Å². The van der Waals surface area contributed by atoms with E-state index < -0.39 is 23.8 Å². The van der Waals surface area contributed by atoms with E-state index in [9.17, 15) is 23.8 Å². The highest BCUT2D eigenvalue weighted by molar-refractivity contribution is 5.72. The number of amides is 1. The van der Waals surface area contributed by atoms with Crippen LogP contribution in [-0.2, 0) is 4.79 Å². The van der Waals surface area contributed by atoms with Gasteiger partial charge in [0.2, 0.25) is 5.91 Å². The maximum Gasteiger partial charge on any atom is 0.216 e. The lowest BCUT2D eigenvalue weighted by Gasteiger charge is -2.18. The molecule has 0 saturated carbocycles. The van der Waals surface area contributed by atoms with Crippen molar-refractivity contribution >= 4 is 5.91 Å². The van der Waals surface area contributed by atoms with Crippen LogP contribution in [0, 0.1) is 11.6 Å². The number of halogens is 2. The highest BCUT2D eigenvalue weighted by Gasteiger charge is 2.19. The maximum absolute atomic E-state index is 12.9. The number of hydrogen-bond donors (Lipinski definition) is 3. The smallest absolute Gasteiger partial charge is 0.216 e. The van der Waals surface area contributed by atoms with Crippen LogP contribution < -0.4 is 5.32 Å². The Balaban J connectivity index is 2.59. The first kappa shape index (κ1) is 14.5. The Hall–Kier alpha value is -1.53. The van der Waals surface area contributed by atoms with Crippen LogP contribution in [0.15, 0.2) is 18.2 Å². The Kier molecular flexibility index (Phi) is 5.18. The summed E-state index contributed by atoms with van der Waals surface area (Å²) in [5.74, 6) is -2.34. The summed E-state index contributed by atoms with van der Waals surface area (Å²) >= 11 is 0. The van der Waals surface area contributed by atoms with Crippen LogP contribution in [0.25, 0.3) is 0 Å². The molecule has 3 N–H and O–H groups in total. The third kappa shape index (κ3) is 4.05. The minimum Gasteiger partial charge on any atom is -0.390 e. The van der Waals surface area contributed by atoms with Crippen molar-refractivity contribution in [2.24, 2.45) is 0 Å². The first-order valence-electron chi connectivity index (χ1n) is 5.47. The van der Waals surface area contributed by atoms with E-state index in [0.717, 1.165) is 12.1 Å². The lowest BCUT2D eigenvalue weighted by atomic mass is 10.0. The molecule has 0 aliphatic carbocycles. The van der Waals surface area contributed by atoms with Crippen molar-refractivity contribution in [3.63, 3.8) is 0 Å². The molecule has 0 bridgehead atoms. The molecule has 1 rings (SSSR count). The minimum absolute atomic E-state index is 0.0872. The van der Waals surface area contributed by atoms with Crippen molar-refractivity contribution in [3.05, 3.63) is 35.4 Å². The Morgan fingerprint density at radius 2 is 2.00 bits per heavy atom. The molecule has 0 aliphatic heterocycles. The zero-order chi connectivity index (χ0) is 13.7. The number of rotatable bonds is 5. The summed E-state index contributed by atoms with van der Waals surface area (Å²) in [4.78, 5) is 10.6. The molecule has 2 unspecified atom stereocenters. The standard InChI is InChI=1S/C12H15F2NO3/c1-7(16)15-5-4-11(17)12(18)8-2-3-9(13)10(14)6-8/h2-3,6,11-12,17-18H,4-5H2,1H3,(H,15,16). The highest BCUT2D eigenvalue weighted by atomic mass is 19.2. The van der Waals surface area contributed by atoms with E-state index in [4.69, 9.17) is 0 Å². The number of carbonyl (C=O) groups excluding carboxylic acids is 1. The Morgan fingerprint density at radius 1 is 1.33 bits per heavy atom. The van der Waals surface area contributed by atoms with Crippen LogP contribution in [-0.4, -0.2) is 28.8 Å². The Labute approximate surface area is 103 Å². The van der Waals surface area contributed by atoms with Crippen molar-refractivity contribution < 1.29 is 23.8 Å². The van der Waals surface area contributed by atoms with Gasteiger partial charge in [0.05, 0.1) is 6.10 Å². The van der Waals surface area contributed by atoms with E-state index in [1.54, 1.807) is 0 Å². The maximum atomic E-state index is 12.9. The summed E-state index contributed by atoms with van der Waals surface area (Å²) in [7, 11) is 0. The van der Waals surface area contributed by atoms with Crippen molar-refractivity contribution in [2.45, 2.75) is 25.6 Å². The molecule has 18 heavy (non-hydrogen) atoms. The summed E-state index contributed by atoms with van der Waals surface area (Å²) in [5.41, 5.74) is 0.0872. The van der Waals surface area contributed by atoms with Crippen LogP contribution >= 0.6 is 0 Å². The lowest BCUT2D eigenvalue weighted by molar-refractivity contribution is -0.119. The molecule has 0 radical (unpaired) electrons. The van der Waals surface area contributed by atoms with Gasteiger partial charge >= 0.3 is 0 Å². The molecule has 1 amide bonds. The highest BCUT2D eigenvalue weighted by Crippen LogP contribution is 2.20. The first-order chi connectivity index (χ1) is 8.41. The van der Waals surface area contributed by atoms with Crippen molar-refractivity contribution in [1.82, 2.24) is 5.32 Å². The Morgan fingerprint density at radius 3 is 2.56 bits per heavy atom. The predicted molar refractivity (Wildman–Crippen MR) is 60.6 cm³/mol. The zero-order valence-electron chi connectivity index (χ0n) is 9.86. The van der Waals surface area contributed by atoms with Crippen LogP contribution in [0.5, 0.6) is 0 Å². The molecule has 6 heteroatoms. The summed E-state index contributed by atoms with van der Waals surface area (Å²) in [6, 6.07) is 2.92. The number of aliphatic hydroxyl groups is 2. The third-order valence-electron chi connectivity index (χ3n) is 2.46. The zero-order valence-corrected chi connectivity index (χ0v) is 9.86. The summed E-state index contributed by atoms with van der Waals surface area (Å²) in [6.07, 6.45) is -2.38. The molecule has 1 aromatic rings. The fourth-order valence-corrected chi connectivity index (χ4v) is 1.47. The van der Waals surface area contributed by atoms with Crippen molar-refractivity contribution in [2.75, 3.05) is 6.54 Å². The molecule has 2 atom stereocenters. The number of carbonyl (C=O) groups is 1. The van der Waals surface area contributed by atoms with Gasteiger partial charge in [0.25, 0.3) is 0 Å². The number of hydrogen-bond acceptors (Lipinski definition) is 3. The number of aliphatic hydroxyl groups excluding tert-OH is 2. The van der Waals surface area contributed by atoms with Gasteiger partial charge in [0, 0.05) is 13.5 Å². The molecule has 0 aliphatic rings. The van der Waals surface area contributed by atoms with E-state index in [1.165, 1.54) is 13.0 Å². The SMILES string of the molecule is CC(=O)NCCC(O)C(O)c1ccc(F)c(F)c1. The van der Waals surface area contributed by atoms with E-state index in [1.807, 2.05) is 0 Å². The quantitative estimate of drug-likeness (QED) is 0.735. The van der Waals surface area contributed by atoms with Gasteiger partial charge in [0.15, 0.2) is 11.6 Å². The second kappa shape index (κ2) is 6.42. The van der Waals surface area contributed by atoms with Crippen LogP contribution in [0.4, 0.5) is 8.78 Å². The fourth-order valence-electron chi connectivity index (χ4n) is 1.47. The van der Waals surface area contributed by atoms with Gasteiger partial charge in [-0.2, -0.15) is 0 Å². The van der Waals surface area contributed by atoms with E-state index in [2.05, 4.69) is 5.32 Å². The molecule has 1 aromatic carbocycles. The largest absolute Gasteiger partial charge is 0.390 e. The molecular formula is C12H15F2NO3. The van der Waals surface area contributed by atoms with Gasteiger partial charge in [-0.1, -0.05) is 6.07 Å². The van der Waals surface area contributed by atoms with Gasteiger partial charge in [-0.05, 0) is 24.1 Å². The average Bonchev–Trinajstić information content (AvgIpc) is 2.31. The first-order valence-corrected chi connectivity index (χ1v) is 5.47. The summed E-state index contributed by atoms with van der Waals surface area (Å²) < 4.78 is 25.6. The van der Waals surface area contributed by atoms with Gasteiger partial charge in [-0.25, -0.2) is 8.78 Å². The van der Waals surface area contributed by atoms with E-state index >= 15 is 0 Å². The van der Waals surface area contributed by atoms with Crippen molar-refractivity contribution in [1.29, 1.82) is 0 Å². The number of benzene rings is 1. The van der Waals surface area contributed by atoms with Gasteiger partial charge < -0.3 is 15.5 Å². The molecule has 0 spiro atoms. The van der Waals surface area contributed by atoms with Gasteiger partial charge in [-0.15, -0.1) is 0 Å². The summed E-state index contributed by atoms with van der Waals surface area (Å²) in [5, 5.41) is 21.8. The molecular weight excluding hydrogens is 244 g/mol. The minimum atomic E-state index is -1.33. The topological polar surface area (TPSA) is 69.6 Å². The third-order valence-corrected chi connectivity index (χ3v) is 2.46. The molecule has 0 heterocycles. The number of nitrogens with one attached hydrogen (secondary N) is 1. The molecule has 0 aromatic heterocycles. The average molecular weight is 259 g/mol. The van der Waals surface area contributed by atoms with Gasteiger partial charge in [-0.3, -0.25) is 4.79 Å². The van der Waals surface area contributed by atoms with E-state index in [-0.39, 0.29) is 24.4 Å². The van der Waals surface area contributed by atoms with E-state index in [0.29, 0.717) is 0 Å². The second-order valence-corrected chi connectivity index (χ2v) is 3.96.